The molecule has 3 nitrogen and oxygen atoms in total. The molecule has 0 amide bonds. The van der Waals surface area contributed by atoms with Crippen LogP contribution in [0.15, 0.2) is 28.7 Å². The molecule has 1 fully saturated rings. The molecule has 0 aliphatic heterocycles. The minimum absolute atomic E-state index is 0.268. The van der Waals surface area contributed by atoms with Crippen LogP contribution in [0, 0.1) is 18.6 Å². The second-order valence-corrected chi connectivity index (χ2v) is 5.31. The van der Waals surface area contributed by atoms with Gasteiger partial charge in [-0.1, -0.05) is 0 Å². The molecule has 0 radical (unpaired) electrons. The zero-order valence-corrected chi connectivity index (χ0v) is 11.8. The van der Waals surface area contributed by atoms with Crippen molar-refractivity contribution in [1.29, 1.82) is 0 Å². The highest BCUT2D eigenvalue weighted by Crippen LogP contribution is 2.22. The highest BCUT2D eigenvalue weighted by molar-refractivity contribution is 5.25. The molecule has 3 rings (SSSR count). The Morgan fingerprint density at radius 1 is 1.24 bits per heavy atom. The monoisotopic (exact) mass is 293 g/mol. The van der Waals surface area contributed by atoms with Crippen LogP contribution in [-0.2, 0) is 13.2 Å². The van der Waals surface area contributed by atoms with Crippen molar-refractivity contribution in [2.24, 2.45) is 0 Å². The van der Waals surface area contributed by atoms with E-state index in [1.807, 2.05) is 13.0 Å². The summed E-state index contributed by atoms with van der Waals surface area (Å²) in [6.07, 6.45) is 2.46. The summed E-state index contributed by atoms with van der Waals surface area (Å²) in [5.74, 6) is 0.154. The lowest BCUT2D eigenvalue weighted by Gasteiger charge is -2.05. The topological polar surface area (TPSA) is 34.4 Å². The lowest BCUT2D eigenvalue weighted by molar-refractivity contribution is 0.300. The smallest absolute Gasteiger partial charge is 0.162 e. The van der Waals surface area contributed by atoms with Crippen molar-refractivity contribution in [3.05, 3.63) is 53.0 Å². The van der Waals surface area contributed by atoms with Crippen LogP contribution in [0.2, 0.25) is 0 Å². The van der Waals surface area contributed by atoms with Gasteiger partial charge in [-0.3, -0.25) is 0 Å². The van der Waals surface area contributed by atoms with Crippen molar-refractivity contribution >= 4 is 0 Å². The number of rotatable bonds is 6. The number of halogens is 2. The Balaban J connectivity index is 1.59. The zero-order valence-electron chi connectivity index (χ0n) is 11.8. The van der Waals surface area contributed by atoms with Gasteiger partial charge in [0.15, 0.2) is 11.6 Å². The van der Waals surface area contributed by atoms with Crippen LogP contribution in [0.4, 0.5) is 8.78 Å². The van der Waals surface area contributed by atoms with Crippen LogP contribution in [0.3, 0.4) is 0 Å². The van der Waals surface area contributed by atoms with E-state index in [-0.39, 0.29) is 6.61 Å². The van der Waals surface area contributed by atoms with Gasteiger partial charge in [0.1, 0.15) is 23.9 Å². The summed E-state index contributed by atoms with van der Waals surface area (Å²) < 4.78 is 37.0. The Morgan fingerprint density at radius 2 is 2.05 bits per heavy atom. The zero-order chi connectivity index (χ0) is 14.8. The molecule has 2 aromatic rings. The van der Waals surface area contributed by atoms with Gasteiger partial charge in [0, 0.05) is 17.7 Å². The number of furan rings is 1. The van der Waals surface area contributed by atoms with E-state index in [2.05, 4.69) is 5.32 Å². The van der Waals surface area contributed by atoms with Crippen molar-refractivity contribution in [2.75, 3.05) is 0 Å². The van der Waals surface area contributed by atoms with E-state index in [0.717, 1.165) is 29.2 Å². The Morgan fingerprint density at radius 3 is 2.76 bits per heavy atom. The summed E-state index contributed by atoms with van der Waals surface area (Å²) in [6, 6.07) is 6.06. The molecule has 5 heteroatoms. The molecule has 1 aromatic carbocycles. The molecule has 1 aromatic heterocycles. The highest BCUT2D eigenvalue weighted by atomic mass is 19.2. The number of benzene rings is 1. The fraction of sp³-hybridized carbons (Fsp3) is 0.375. The molecule has 0 atom stereocenters. The third-order valence-electron chi connectivity index (χ3n) is 3.50. The summed E-state index contributed by atoms with van der Waals surface area (Å²) in [6.45, 7) is 2.84. The third kappa shape index (κ3) is 3.61. The van der Waals surface area contributed by atoms with E-state index in [0.29, 0.717) is 18.3 Å². The fourth-order valence-electron chi connectivity index (χ4n) is 2.08. The van der Waals surface area contributed by atoms with E-state index in [4.69, 9.17) is 9.15 Å². The van der Waals surface area contributed by atoms with E-state index < -0.39 is 11.6 Å². The van der Waals surface area contributed by atoms with E-state index >= 15 is 0 Å². The average molecular weight is 293 g/mol. The van der Waals surface area contributed by atoms with Gasteiger partial charge in [0.25, 0.3) is 0 Å². The third-order valence-corrected chi connectivity index (χ3v) is 3.50. The molecule has 1 aliphatic rings. The number of aryl methyl sites for hydroxylation is 1. The molecule has 1 saturated carbocycles. The van der Waals surface area contributed by atoms with Crippen LogP contribution >= 0.6 is 0 Å². The number of ether oxygens (including phenoxy) is 1. The van der Waals surface area contributed by atoms with Crippen LogP contribution in [0.5, 0.6) is 5.75 Å². The van der Waals surface area contributed by atoms with Gasteiger partial charge < -0.3 is 14.5 Å². The summed E-state index contributed by atoms with van der Waals surface area (Å²) >= 11 is 0. The first-order valence-corrected chi connectivity index (χ1v) is 7.01. The maximum atomic E-state index is 13.1. The fourth-order valence-corrected chi connectivity index (χ4v) is 2.08. The second kappa shape index (κ2) is 5.85. The Labute approximate surface area is 121 Å². The standard InChI is InChI=1S/C16H17F2NO2/c1-10-11(6-14(21-10)8-19-12-2-3-12)9-20-13-4-5-15(17)16(18)7-13/h4-7,12,19H,2-3,8-9H2,1H3. The van der Waals surface area contributed by atoms with Gasteiger partial charge in [-0.2, -0.15) is 0 Å². The van der Waals surface area contributed by atoms with E-state index in [1.54, 1.807) is 0 Å². The van der Waals surface area contributed by atoms with Gasteiger partial charge in [-0.05, 0) is 38.0 Å². The molecule has 21 heavy (non-hydrogen) atoms. The predicted octanol–water partition coefficient (Wildman–Crippen LogP) is 3.70. The summed E-state index contributed by atoms with van der Waals surface area (Å²) in [7, 11) is 0. The molecule has 112 valence electrons. The largest absolute Gasteiger partial charge is 0.489 e. The minimum atomic E-state index is -0.911. The molecule has 0 spiro atoms. The maximum Gasteiger partial charge on any atom is 0.162 e. The molecular weight excluding hydrogens is 276 g/mol. The Kier molecular flexibility index (Phi) is 3.92. The molecule has 0 bridgehead atoms. The van der Waals surface area contributed by atoms with Crippen LogP contribution in [0.25, 0.3) is 0 Å². The minimum Gasteiger partial charge on any atom is -0.489 e. The molecular formula is C16H17F2NO2. The van der Waals surface area contributed by atoms with Crippen LogP contribution in [0.1, 0.15) is 29.9 Å². The Hall–Kier alpha value is -1.88. The quantitative estimate of drug-likeness (QED) is 0.882. The first-order valence-electron chi connectivity index (χ1n) is 7.01. The molecule has 1 N–H and O–H groups in total. The van der Waals surface area contributed by atoms with Crippen molar-refractivity contribution < 1.29 is 17.9 Å². The number of hydrogen-bond acceptors (Lipinski definition) is 3. The van der Waals surface area contributed by atoms with Gasteiger partial charge in [-0.15, -0.1) is 0 Å². The number of hydrogen-bond donors (Lipinski definition) is 1. The van der Waals surface area contributed by atoms with E-state index in [1.165, 1.54) is 18.9 Å². The SMILES string of the molecule is Cc1oc(CNC2CC2)cc1COc1ccc(F)c(F)c1. The van der Waals surface area contributed by atoms with Crippen LogP contribution in [-0.4, -0.2) is 6.04 Å². The lowest BCUT2D eigenvalue weighted by Crippen LogP contribution is -2.14. The first kappa shape index (κ1) is 14.1. The summed E-state index contributed by atoms with van der Waals surface area (Å²) in [5, 5.41) is 3.38. The molecule has 1 heterocycles. The van der Waals surface area contributed by atoms with Gasteiger partial charge in [-0.25, -0.2) is 8.78 Å². The molecule has 0 unspecified atom stereocenters. The predicted molar refractivity (Wildman–Crippen MR) is 74.0 cm³/mol. The van der Waals surface area contributed by atoms with Gasteiger partial charge in [0.2, 0.25) is 0 Å². The number of nitrogens with one attached hydrogen (secondary N) is 1. The first-order chi connectivity index (χ1) is 10.1. The molecule has 1 aliphatic carbocycles. The van der Waals surface area contributed by atoms with Gasteiger partial charge >= 0.3 is 0 Å². The van der Waals surface area contributed by atoms with Crippen molar-refractivity contribution in [2.45, 2.75) is 39.0 Å². The molecule has 0 saturated heterocycles. The second-order valence-electron chi connectivity index (χ2n) is 5.31. The highest BCUT2D eigenvalue weighted by Gasteiger charge is 2.21. The van der Waals surface area contributed by atoms with Crippen LogP contribution < -0.4 is 10.1 Å². The average Bonchev–Trinajstić information content (AvgIpc) is 3.22. The van der Waals surface area contributed by atoms with Crippen molar-refractivity contribution in [1.82, 2.24) is 5.32 Å². The summed E-state index contributed by atoms with van der Waals surface area (Å²) in [5.41, 5.74) is 0.910. The van der Waals surface area contributed by atoms with Crippen molar-refractivity contribution in [3.8, 4) is 5.75 Å². The normalized spacial score (nSPS) is 14.4. The van der Waals surface area contributed by atoms with Gasteiger partial charge in [0.05, 0.1) is 6.54 Å². The maximum absolute atomic E-state index is 13.1. The van der Waals surface area contributed by atoms with Crippen molar-refractivity contribution in [3.63, 3.8) is 0 Å². The summed E-state index contributed by atoms with van der Waals surface area (Å²) in [4.78, 5) is 0. The lowest BCUT2D eigenvalue weighted by atomic mass is 10.2. The van der Waals surface area contributed by atoms with E-state index in [9.17, 15) is 8.78 Å². The Bertz CT molecular complexity index is 635.